The van der Waals surface area contributed by atoms with E-state index in [1.807, 2.05) is 49.4 Å². The topological polar surface area (TPSA) is 37.4 Å². The normalized spacial score (nSPS) is 10.4. The lowest BCUT2D eigenvalue weighted by Crippen LogP contribution is -2.34. The van der Waals surface area contributed by atoms with Crippen molar-refractivity contribution < 1.29 is 4.74 Å². The van der Waals surface area contributed by atoms with E-state index in [0.717, 1.165) is 17.1 Å². The minimum absolute atomic E-state index is 0.604. The lowest BCUT2D eigenvalue weighted by atomic mass is 10.1. The maximum Gasteiger partial charge on any atom is 0.174 e. The van der Waals surface area contributed by atoms with E-state index >= 15 is 0 Å². The van der Waals surface area contributed by atoms with E-state index < -0.39 is 0 Å². The summed E-state index contributed by atoms with van der Waals surface area (Å²) < 4.78 is 5.71. The van der Waals surface area contributed by atoms with Crippen LogP contribution in [0.4, 0.5) is 5.69 Å². The molecule has 0 saturated heterocycles. The molecule has 0 fully saturated rings. The summed E-state index contributed by atoms with van der Waals surface area (Å²) in [5.41, 5.74) is 4.27. The highest BCUT2D eigenvalue weighted by atomic mass is 32.1. The SMILES string of the molecule is CCOc1ccccc1NC(=S)N(Cc1ccc(C)cc1)Cc1ccccn1. The van der Waals surface area contributed by atoms with Crippen LogP contribution in [0.15, 0.2) is 72.9 Å². The molecule has 0 spiro atoms. The first-order chi connectivity index (χ1) is 13.7. The number of rotatable bonds is 7. The highest BCUT2D eigenvalue weighted by molar-refractivity contribution is 7.80. The average molecular weight is 392 g/mol. The number of hydrogen-bond acceptors (Lipinski definition) is 3. The maximum atomic E-state index is 5.76. The zero-order valence-electron chi connectivity index (χ0n) is 16.3. The number of para-hydroxylation sites is 2. The van der Waals surface area contributed by atoms with Crippen LogP contribution < -0.4 is 10.1 Å². The molecule has 0 aliphatic rings. The summed E-state index contributed by atoms with van der Waals surface area (Å²) in [6.45, 7) is 5.98. The molecule has 1 heterocycles. The van der Waals surface area contributed by atoms with Crippen LogP contribution in [0.3, 0.4) is 0 Å². The average Bonchev–Trinajstić information content (AvgIpc) is 2.71. The van der Waals surface area contributed by atoms with Crippen LogP contribution in [0, 0.1) is 6.92 Å². The van der Waals surface area contributed by atoms with Crippen molar-refractivity contribution in [1.29, 1.82) is 0 Å². The molecule has 0 saturated carbocycles. The van der Waals surface area contributed by atoms with Crippen molar-refractivity contribution in [3.05, 3.63) is 89.7 Å². The molecule has 0 radical (unpaired) electrons. The number of nitrogens with zero attached hydrogens (tertiary/aromatic N) is 2. The van der Waals surface area contributed by atoms with Crippen LogP contribution in [0.25, 0.3) is 0 Å². The van der Waals surface area contributed by atoms with Gasteiger partial charge in [0.05, 0.1) is 24.5 Å². The Hall–Kier alpha value is -2.92. The van der Waals surface area contributed by atoms with E-state index in [2.05, 4.69) is 46.4 Å². The van der Waals surface area contributed by atoms with Gasteiger partial charge in [0.15, 0.2) is 5.11 Å². The Labute approximate surface area is 172 Å². The van der Waals surface area contributed by atoms with Crippen LogP contribution >= 0.6 is 12.2 Å². The lowest BCUT2D eigenvalue weighted by Gasteiger charge is -2.26. The van der Waals surface area contributed by atoms with Crippen molar-refractivity contribution in [3.8, 4) is 5.75 Å². The van der Waals surface area contributed by atoms with E-state index in [4.69, 9.17) is 17.0 Å². The minimum atomic E-state index is 0.604. The Kier molecular flexibility index (Phi) is 6.98. The largest absolute Gasteiger partial charge is 0.492 e. The summed E-state index contributed by atoms with van der Waals surface area (Å²) in [6, 6.07) is 22.3. The molecule has 1 aromatic heterocycles. The van der Waals surface area contributed by atoms with Gasteiger partial charge in [-0.1, -0.05) is 48.0 Å². The molecule has 0 amide bonds. The third-order valence-corrected chi connectivity index (χ3v) is 4.65. The second-order valence-electron chi connectivity index (χ2n) is 6.52. The molecule has 0 aliphatic carbocycles. The van der Waals surface area contributed by atoms with Crippen molar-refractivity contribution in [2.45, 2.75) is 26.9 Å². The number of hydrogen-bond donors (Lipinski definition) is 1. The van der Waals surface area contributed by atoms with Gasteiger partial charge in [-0.2, -0.15) is 0 Å². The van der Waals surface area contributed by atoms with E-state index in [9.17, 15) is 0 Å². The first-order valence-electron chi connectivity index (χ1n) is 9.39. The third-order valence-electron chi connectivity index (χ3n) is 4.29. The summed E-state index contributed by atoms with van der Waals surface area (Å²) in [7, 11) is 0. The molecule has 28 heavy (non-hydrogen) atoms. The highest BCUT2D eigenvalue weighted by Gasteiger charge is 2.14. The van der Waals surface area contributed by atoms with Crippen LogP contribution in [0.5, 0.6) is 5.75 Å². The molecule has 144 valence electrons. The second kappa shape index (κ2) is 9.85. The van der Waals surface area contributed by atoms with Gasteiger partial charge in [0.1, 0.15) is 5.75 Å². The first kappa shape index (κ1) is 19.8. The fraction of sp³-hybridized carbons (Fsp3) is 0.217. The predicted molar refractivity (Wildman–Crippen MR) is 118 cm³/mol. The van der Waals surface area contributed by atoms with Gasteiger partial charge >= 0.3 is 0 Å². The number of anilines is 1. The van der Waals surface area contributed by atoms with Gasteiger partial charge in [-0.25, -0.2) is 0 Å². The quantitative estimate of drug-likeness (QED) is 0.561. The molecule has 3 aromatic rings. The summed E-state index contributed by atoms with van der Waals surface area (Å²) >= 11 is 5.76. The van der Waals surface area contributed by atoms with E-state index in [0.29, 0.717) is 24.8 Å². The van der Waals surface area contributed by atoms with Crippen molar-refractivity contribution in [3.63, 3.8) is 0 Å². The molecular weight excluding hydrogens is 366 g/mol. The van der Waals surface area contributed by atoms with Gasteiger partial charge in [0.25, 0.3) is 0 Å². The highest BCUT2D eigenvalue weighted by Crippen LogP contribution is 2.24. The molecule has 1 N–H and O–H groups in total. The van der Waals surface area contributed by atoms with Crippen molar-refractivity contribution in [1.82, 2.24) is 9.88 Å². The lowest BCUT2D eigenvalue weighted by molar-refractivity contribution is 0.341. The minimum Gasteiger partial charge on any atom is -0.492 e. The number of ether oxygens (including phenoxy) is 1. The van der Waals surface area contributed by atoms with Crippen LogP contribution in [0.2, 0.25) is 0 Å². The number of benzene rings is 2. The maximum absolute atomic E-state index is 5.76. The molecular formula is C23H25N3OS. The molecule has 0 unspecified atom stereocenters. The summed E-state index contributed by atoms with van der Waals surface area (Å²) in [6.07, 6.45) is 1.81. The summed E-state index contributed by atoms with van der Waals surface area (Å²) in [5.74, 6) is 0.792. The molecule has 0 atom stereocenters. The fourth-order valence-corrected chi connectivity index (χ4v) is 3.09. The Morgan fingerprint density at radius 2 is 1.75 bits per heavy atom. The zero-order chi connectivity index (χ0) is 19.8. The second-order valence-corrected chi connectivity index (χ2v) is 6.91. The Morgan fingerprint density at radius 1 is 1.00 bits per heavy atom. The van der Waals surface area contributed by atoms with E-state index in [1.165, 1.54) is 11.1 Å². The first-order valence-corrected chi connectivity index (χ1v) is 9.79. The van der Waals surface area contributed by atoms with Gasteiger partial charge < -0.3 is 15.0 Å². The van der Waals surface area contributed by atoms with Gasteiger partial charge in [0.2, 0.25) is 0 Å². The molecule has 4 nitrogen and oxygen atoms in total. The Morgan fingerprint density at radius 3 is 2.46 bits per heavy atom. The standard InChI is InChI=1S/C23H25N3OS/c1-3-27-22-10-5-4-9-21(22)25-23(28)26(17-20-8-6-7-15-24-20)16-19-13-11-18(2)12-14-19/h4-15H,3,16-17H2,1-2H3,(H,25,28). The fourth-order valence-electron chi connectivity index (χ4n) is 2.85. The molecule has 0 bridgehead atoms. The van der Waals surface area contributed by atoms with Crippen LogP contribution in [-0.4, -0.2) is 21.6 Å². The Bertz CT molecular complexity index is 897. The van der Waals surface area contributed by atoms with Gasteiger partial charge in [0, 0.05) is 12.7 Å². The monoisotopic (exact) mass is 391 g/mol. The third kappa shape index (κ3) is 5.54. The number of aromatic nitrogens is 1. The van der Waals surface area contributed by atoms with Crippen molar-refractivity contribution in [2.24, 2.45) is 0 Å². The van der Waals surface area contributed by atoms with E-state index in [1.54, 1.807) is 6.20 Å². The smallest absolute Gasteiger partial charge is 0.174 e. The number of nitrogens with one attached hydrogen (secondary N) is 1. The summed E-state index contributed by atoms with van der Waals surface area (Å²) in [5, 5.41) is 3.99. The predicted octanol–water partition coefficient (Wildman–Crippen LogP) is 5.19. The van der Waals surface area contributed by atoms with Gasteiger partial charge in [-0.15, -0.1) is 0 Å². The molecule has 5 heteroatoms. The summed E-state index contributed by atoms with van der Waals surface area (Å²) in [4.78, 5) is 6.57. The molecule has 3 rings (SSSR count). The number of thiocarbonyl (C=S) groups is 1. The number of pyridine rings is 1. The van der Waals surface area contributed by atoms with Crippen LogP contribution in [-0.2, 0) is 13.1 Å². The van der Waals surface area contributed by atoms with Gasteiger partial charge in [-0.05, 0) is 55.9 Å². The number of aryl methyl sites for hydroxylation is 1. The van der Waals surface area contributed by atoms with Crippen LogP contribution in [0.1, 0.15) is 23.7 Å². The van der Waals surface area contributed by atoms with Gasteiger partial charge in [-0.3, -0.25) is 4.98 Å². The molecule has 0 aliphatic heterocycles. The van der Waals surface area contributed by atoms with Crippen molar-refractivity contribution in [2.75, 3.05) is 11.9 Å². The molecule has 2 aromatic carbocycles. The zero-order valence-corrected chi connectivity index (χ0v) is 17.1. The Balaban J connectivity index is 1.80. The van der Waals surface area contributed by atoms with Crippen molar-refractivity contribution >= 4 is 23.0 Å². The van der Waals surface area contributed by atoms with E-state index in [-0.39, 0.29) is 0 Å².